The van der Waals surface area contributed by atoms with Gasteiger partial charge in [0.05, 0.1) is 16.0 Å². The van der Waals surface area contributed by atoms with Crippen molar-refractivity contribution in [2.45, 2.75) is 11.1 Å². The van der Waals surface area contributed by atoms with E-state index in [1.54, 1.807) is 42.5 Å². The van der Waals surface area contributed by atoms with Gasteiger partial charge in [-0.25, -0.2) is 23.1 Å². The molecule has 6 nitrogen and oxygen atoms in total. The second-order valence-corrected chi connectivity index (χ2v) is 10.1. The van der Waals surface area contributed by atoms with Crippen molar-refractivity contribution in [1.82, 2.24) is 14.7 Å². The van der Waals surface area contributed by atoms with Gasteiger partial charge in [-0.1, -0.05) is 29.3 Å². The number of nitrogens with zero attached hydrogens (tertiary/aromatic N) is 2. The zero-order valence-corrected chi connectivity index (χ0v) is 20.1. The molecule has 0 aliphatic rings. The third-order valence-corrected chi connectivity index (χ3v) is 6.89. The van der Waals surface area contributed by atoms with Gasteiger partial charge < -0.3 is 5.32 Å². The van der Waals surface area contributed by atoms with E-state index in [4.69, 9.17) is 23.2 Å². The first-order valence-corrected chi connectivity index (χ1v) is 12.4. The number of rotatable bonds is 7. The Balaban J connectivity index is 1.52. The van der Waals surface area contributed by atoms with E-state index < -0.39 is 26.7 Å². The minimum atomic E-state index is -4.65. The van der Waals surface area contributed by atoms with Crippen LogP contribution in [0.1, 0.15) is 5.56 Å². The average Bonchev–Trinajstić information content (AvgIpc) is 2.81. The number of sulfonamides is 1. The van der Waals surface area contributed by atoms with Crippen molar-refractivity contribution in [2.24, 2.45) is 0 Å². The van der Waals surface area contributed by atoms with Gasteiger partial charge in [0, 0.05) is 34.1 Å². The highest BCUT2D eigenvalue weighted by Gasteiger charge is 2.31. The van der Waals surface area contributed by atoms with Crippen LogP contribution in [-0.4, -0.2) is 31.5 Å². The number of benzene rings is 3. The van der Waals surface area contributed by atoms with Gasteiger partial charge in [-0.15, -0.1) is 0 Å². The Morgan fingerprint density at radius 2 is 1.57 bits per heavy atom. The molecule has 0 atom stereocenters. The smallest absolute Gasteiger partial charge is 0.368 e. The Kier molecular flexibility index (Phi) is 7.18. The third-order valence-electron chi connectivity index (χ3n) is 4.94. The molecule has 0 unspecified atom stereocenters. The van der Waals surface area contributed by atoms with Crippen LogP contribution in [0.5, 0.6) is 0 Å². The van der Waals surface area contributed by atoms with Crippen LogP contribution >= 0.6 is 23.2 Å². The summed E-state index contributed by atoms with van der Waals surface area (Å²) in [7, 11) is -4.15. The van der Waals surface area contributed by atoms with Crippen LogP contribution in [0.25, 0.3) is 22.3 Å². The van der Waals surface area contributed by atoms with Crippen LogP contribution in [0.2, 0.25) is 10.0 Å². The van der Waals surface area contributed by atoms with E-state index in [-0.39, 0.29) is 13.1 Å². The fourth-order valence-corrected chi connectivity index (χ4v) is 4.62. The van der Waals surface area contributed by atoms with Gasteiger partial charge in [0.2, 0.25) is 10.0 Å². The van der Waals surface area contributed by atoms with Crippen LogP contribution in [0.3, 0.4) is 0 Å². The molecule has 0 fully saturated rings. The van der Waals surface area contributed by atoms with Gasteiger partial charge in [0.1, 0.15) is 5.82 Å². The summed E-state index contributed by atoms with van der Waals surface area (Å²) in [4.78, 5) is 8.63. The topological polar surface area (TPSA) is 84.0 Å². The summed E-state index contributed by atoms with van der Waals surface area (Å²) in [5.74, 6) is 0.846. The maximum atomic E-state index is 12.9. The summed E-state index contributed by atoms with van der Waals surface area (Å²) < 4.78 is 66.0. The monoisotopic (exact) mass is 540 g/mol. The van der Waals surface area contributed by atoms with Crippen LogP contribution in [0.4, 0.5) is 19.0 Å². The van der Waals surface area contributed by atoms with E-state index in [2.05, 4.69) is 20.0 Å². The summed E-state index contributed by atoms with van der Waals surface area (Å²) in [6.45, 7) is 0.000925. The summed E-state index contributed by atoms with van der Waals surface area (Å²) >= 11 is 12.1. The summed E-state index contributed by atoms with van der Waals surface area (Å²) in [5, 5.41) is 4.76. The summed E-state index contributed by atoms with van der Waals surface area (Å²) in [6, 6.07) is 15.6. The predicted molar refractivity (Wildman–Crippen MR) is 130 cm³/mol. The van der Waals surface area contributed by atoms with E-state index in [0.29, 0.717) is 44.2 Å². The number of fused-ring (bicyclic) bond motifs is 1. The molecule has 12 heteroatoms. The van der Waals surface area contributed by atoms with E-state index in [9.17, 15) is 21.6 Å². The molecule has 3 aromatic carbocycles. The van der Waals surface area contributed by atoms with Crippen molar-refractivity contribution in [1.29, 1.82) is 0 Å². The van der Waals surface area contributed by atoms with E-state index in [0.717, 1.165) is 18.2 Å². The largest absolute Gasteiger partial charge is 0.416 e. The minimum Gasteiger partial charge on any atom is -0.368 e. The number of hydrogen-bond acceptors (Lipinski definition) is 5. The molecular weight excluding hydrogens is 524 g/mol. The number of nitrogens with one attached hydrogen (secondary N) is 2. The Morgan fingerprint density at radius 1 is 0.857 bits per heavy atom. The Bertz CT molecular complexity index is 1480. The fourth-order valence-electron chi connectivity index (χ4n) is 3.25. The van der Waals surface area contributed by atoms with Gasteiger partial charge in [-0.2, -0.15) is 13.2 Å². The molecule has 4 aromatic rings. The summed E-state index contributed by atoms with van der Waals surface area (Å²) in [5.41, 5.74) is 0.244. The maximum absolute atomic E-state index is 12.9. The lowest BCUT2D eigenvalue weighted by Gasteiger charge is -2.13. The number of anilines is 1. The first-order chi connectivity index (χ1) is 16.5. The van der Waals surface area contributed by atoms with E-state index in [1.165, 1.54) is 0 Å². The molecule has 1 heterocycles. The first kappa shape index (κ1) is 25.2. The molecule has 0 amide bonds. The lowest BCUT2D eigenvalue weighted by atomic mass is 10.2. The van der Waals surface area contributed by atoms with Crippen molar-refractivity contribution in [3.8, 4) is 11.4 Å². The molecule has 0 radical (unpaired) electrons. The second-order valence-electron chi connectivity index (χ2n) is 7.41. The predicted octanol–water partition coefficient (Wildman–Crippen LogP) is 6.01. The average molecular weight is 541 g/mol. The van der Waals surface area contributed by atoms with Crippen LogP contribution in [0, 0.1) is 0 Å². The highest BCUT2D eigenvalue weighted by Crippen LogP contribution is 2.30. The van der Waals surface area contributed by atoms with E-state index in [1.807, 2.05) is 0 Å². The highest BCUT2D eigenvalue weighted by molar-refractivity contribution is 7.89. The molecule has 0 saturated carbocycles. The van der Waals surface area contributed by atoms with Gasteiger partial charge in [0.15, 0.2) is 5.82 Å². The molecule has 182 valence electrons. The number of alkyl halides is 3. The summed E-state index contributed by atoms with van der Waals surface area (Å²) in [6.07, 6.45) is -4.65. The molecule has 1 aromatic heterocycles. The Hall–Kier alpha value is -2.92. The van der Waals surface area contributed by atoms with E-state index >= 15 is 0 Å². The SMILES string of the molecule is O=S(=O)(NCCNc1nc(-c2ccc(Cl)cc2)nc2cc(Cl)ccc12)c1cccc(C(F)(F)F)c1. The van der Waals surface area contributed by atoms with Crippen LogP contribution < -0.4 is 10.0 Å². The zero-order chi connectivity index (χ0) is 25.2. The molecule has 35 heavy (non-hydrogen) atoms. The first-order valence-electron chi connectivity index (χ1n) is 10.2. The number of hydrogen-bond donors (Lipinski definition) is 2. The van der Waals surface area contributed by atoms with Gasteiger partial charge >= 0.3 is 6.18 Å². The fraction of sp³-hybridized carbons (Fsp3) is 0.130. The Labute approximate surface area is 209 Å². The highest BCUT2D eigenvalue weighted by atomic mass is 35.5. The second kappa shape index (κ2) is 9.98. The van der Waals surface area contributed by atoms with Crippen molar-refractivity contribution in [2.75, 3.05) is 18.4 Å². The van der Waals surface area contributed by atoms with Gasteiger partial charge in [-0.3, -0.25) is 0 Å². The van der Waals surface area contributed by atoms with Crippen molar-refractivity contribution >= 4 is 49.9 Å². The number of halogens is 5. The molecule has 4 rings (SSSR count). The standard InChI is InChI=1S/C23H17Cl2F3N4O2S/c24-16-6-4-14(5-7-16)21-31-20-13-17(25)8-9-19(20)22(32-21)29-10-11-30-35(33,34)18-3-1-2-15(12-18)23(26,27)28/h1-9,12-13,30H,10-11H2,(H,29,31,32). The van der Waals surface area contributed by atoms with Gasteiger partial charge in [-0.05, 0) is 60.7 Å². The van der Waals surface area contributed by atoms with Crippen LogP contribution in [-0.2, 0) is 16.2 Å². The van der Waals surface area contributed by atoms with Crippen molar-refractivity contribution in [3.05, 3.63) is 82.3 Å². The molecule has 0 saturated heterocycles. The Morgan fingerprint density at radius 3 is 2.29 bits per heavy atom. The van der Waals surface area contributed by atoms with Crippen molar-refractivity contribution < 1.29 is 21.6 Å². The molecule has 0 aliphatic carbocycles. The third kappa shape index (κ3) is 6.02. The lowest BCUT2D eigenvalue weighted by molar-refractivity contribution is -0.137. The number of aromatic nitrogens is 2. The molecule has 2 N–H and O–H groups in total. The van der Waals surface area contributed by atoms with Gasteiger partial charge in [0.25, 0.3) is 0 Å². The molecule has 0 bridgehead atoms. The zero-order valence-electron chi connectivity index (χ0n) is 17.8. The van der Waals surface area contributed by atoms with Crippen molar-refractivity contribution in [3.63, 3.8) is 0 Å². The normalized spacial score (nSPS) is 12.1. The lowest BCUT2D eigenvalue weighted by Crippen LogP contribution is -2.29. The minimum absolute atomic E-state index is 0.103. The molecule has 0 spiro atoms. The molecule has 0 aliphatic heterocycles. The molecular formula is C23H17Cl2F3N4O2S. The maximum Gasteiger partial charge on any atom is 0.416 e. The quantitative estimate of drug-likeness (QED) is 0.280. The van der Waals surface area contributed by atoms with Crippen LogP contribution in [0.15, 0.2) is 71.6 Å².